The van der Waals surface area contributed by atoms with Gasteiger partial charge in [-0.05, 0) is 43.2 Å². The molecule has 1 aliphatic heterocycles. The zero-order valence-electron chi connectivity index (χ0n) is 19.2. The van der Waals surface area contributed by atoms with E-state index in [1.807, 2.05) is 13.0 Å². The molecule has 0 saturated heterocycles. The average molecular weight is 528 g/mol. The first-order valence-electron chi connectivity index (χ1n) is 10.6. The van der Waals surface area contributed by atoms with Crippen LogP contribution in [-0.4, -0.2) is 24.2 Å². The topological polar surface area (TPSA) is 91.2 Å². The summed E-state index contributed by atoms with van der Waals surface area (Å²) >= 11 is 13.8. The molecule has 0 bridgehead atoms. The SMILES string of the molecule is C=CCOC(=O)C1=C(C)NC(SCC(=O)Nc2ccc(C)c(Cl)c2)=C(C#N)[C@@H]1c1ccccc1Cl. The fourth-order valence-electron chi connectivity index (χ4n) is 3.53. The fraction of sp³-hybridized carbons (Fsp3) is 0.192. The van der Waals surface area contributed by atoms with E-state index >= 15 is 0 Å². The van der Waals surface area contributed by atoms with E-state index in [2.05, 4.69) is 23.3 Å². The summed E-state index contributed by atoms with van der Waals surface area (Å²) in [5.41, 5.74) is 3.13. The van der Waals surface area contributed by atoms with Gasteiger partial charge in [-0.2, -0.15) is 5.26 Å². The second kappa shape index (κ2) is 12.0. The molecule has 0 aliphatic carbocycles. The molecule has 2 aromatic rings. The molecule has 6 nitrogen and oxygen atoms in total. The number of anilines is 1. The molecule has 35 heavy (non-hydrogen) atoms. The first-order chi connectivity index (χ1) is 16.8. The molecule has 2 N–H and O–H groups in total. The van der Waals surface area contributed by atoms with Gasteiger partial charge in [0.25, 0.3) is 0 Å². The Morgan fingerprint density at radius 2 is 1.97 bits per heavy atom. The molecule has 180 valence electrons. The monoisotopic (exact) mass is 527 g/mol. The van der Waals surface area contributed by atoms with E-state index in [1.165, 1.54) is 6.08 Å². The molecule has 2 aromatic carbocycles. The fourth-order valence-corrected chi connectivity index (χ4v) is 4.85. The van der Waals surface area contributed by atoms with Gasteiger partial charge in [-0.25, -0.2) is 4.79 Å². The maximum absolute atomic E-state index is 12.9. The van der Waals surface area contributed by atoms with Crippen molar-refractivity contribution in [1.82, 2.24) is 5.32 Å². The second-order valence-corrected chi connectivity index (χ2v) is 9.46. The maximum atomic E-state index is 12.9. The van der Waals surface area contributed by atoms with E-state index in [0.717, 1.165) is 17.3 Å². The van der Waals surface area contributed by atoms with Crippen molar-refractivity contribution >= 4 is 52.5 Å². The number of allylic oxidation sites excluding steroid dienone is 2. The lowest BCUT2D eigenvalue weighted by Gasteiger charge is -2.29. The minimum atomic E-state index is -0.756. The maximum Gasteiger partial charge on any atom is 0.337 e. The summed E-state index contributed by atoms with van der Waals surface area (Å²) in [6.45, 7) is 7.20. The molecule has 0 saturated carbocycles. The lowest BCUT2D eigenvalue weighted by Crippen LogP contribution is -2.29. The summed E-state index contributed by atoms with van der Waals surface area (Å²) < 4.78 is 5.29. The van der Waals surface area contributed by atoms with Crippen LogP contribution < -0.4 is 10.6 Å². The van der Waals surface area contributed by atoms with Crippen molar-refractivity contribution in [2.24, 2.45) is 0 Å². The lowest BCUT2D eigenvalue weighted by atomic mass is 9.82. The summed E-state index contributed by atoms with van der Waals surface area (Å²) in [5, 5.41) is 17.4. The molecule has 0 fully saturated rings. The number of carbonyl (C=O) groups is 2. The Kier molecular flexibility index (Phi) is 9.05. The van der Waals surface area contributed by atoms with E-state index in [9.17, 15) is 14.9 Å². The van der Waals surface area contributed by atoms with Gasteiger partial charge in [0.15, 0.2) is 0 Å². The molecule has 9 heteroatoms. The zero-order chi connectivity index (χ0) is 25.5. The number of rotatable bonds is 8. The third kappa shape index (κ3) is 6.29. The number of dihydropyridines is 1. The van der Waals surface area contributed by atoms with Crippen molar-refractivity contribution in [1.29, 1.82) is 5.26 Å². The van der Waals surface area contributed by atoms with Crippen LogP contribution in [0.2, 0.25) is 10.0 Å². The van der Waals surface area contributed by atoms with Crippen LogP contribution in [0.25, 0.3) is 0 Å². The minimum Gasteiger partial charge on any atom is -0.458 e. The number of hydrogen-bond donors (Lipinski definition) is 2. The summed E-state index contributed by atoms with van der Waals surface area (Å²) in [6.07, 6.45) is 1.47. The number of amides is 1. The number of carbonyl (C=O) groups excluding carboxylic acids is 2. The molecule has 1 aliphatic rings. The molecule has 1 atom stereocenters. The average Bonchev–Trinajstić information content (AvgIpc) is 2.83. The van der Waals surface area contributed by atoms with Crippen LogP contribution in [0.5, 0.6) is 0 Å². The highest BCUT2D eigenvalue weighted by atomic mass is 35.5. The molecule has 0 spiro atoms. The molecular formula is C26H23Cl2N3O3S. The summed E-state index contributed by atoms with van der Waals surface area (Å²) in [6, 6.07) is 14.5. The lowest BCUT2D eigenvalue weighted by molar-refractivity contribution is -0.138. The van der Waals surface area contributed by atoms with Crippen LogP contribution >= 0.6 is 35.0 Å². The highest BCUT2D eigenvalue weighted by molar-refractivity contribution is 8.03. The van der Waals surface area contributed by atoms with Gasteiger partial charge in [-0.3, -0.25) is 4.79 Å². The Morgan fingerprint density at radius 1 is 1.23 bits per heavy atom. The van der Waals surface area contributed by atoms with Crippen molar-refractivity contribution in [3.63, 3.8) is 0 Å². The third-order valence-corrected chi connectivity index (χ3v) is 6.99. The summed E-state index contributed by atoms with van der Waals surface area (Å²) in [5.74, 6) is -1.58. The number of aryl methyl sites for hydroxylation is 1. The van der Waals surface area contributed by atoms with Gasteiger partial charge in [0.1, 0.15) is 6.61 Å². The number of nitriles is 1. The van der Waals surface area contributed by atoms with Crippen LogP contribution in [-0.2, 0) is 14.3 Å². The molecule has 3 rings (SSSR count). The Bertz CT molecular complexity index is 1280. The van der Waals surface area contributed by atoms with Gasteiger partial charge in [-0.15, -0.1) is 0 Å². The van der Waals surface area contributed by atoms with Crippen molar-refractivity contribution in [3.8, 4) is 6.07 Å². The van der Waals surface area contributed by atoms with Gasteiger partial charge in [0.2, 0.25) is 5.91 Å². The van der Waals surface area contributed by atoms with E-state index < -0.39 is 11.9 Å². The van der Waals surface area contributed by atoms with E-state index in [0.29, 0.717) is 32.0 Å². The van der Waals surface area contributed by atoms with Crippen molar-refractivity contribution < 1.29 is 14.3 Å². The third-order valence-electron chi connectivity index (χ3n) is 5.22. The van der Waals surface area contributed by atoms with Gasteiger partial charge < -0.3 is 15.4 Å². The molecule has 0 unspecified atom stereocenters. The van der Waals surface area contributed by atoms with Crippen molar-refractivity contribution in [2.75, 3.05) is 17.7 Å². The quantitative estimate of drug-likeness (QED) is 0.318. The van der Waals surface area contributed by atoms with E-state index in [4.69, 9.17) is 27.9 Å². The first kappa shape index (κ1) is 26.4. The predicted octanol–water partition coefficient (Wildman–Crippen LogP) is 6.10. The van der Waals surface area contributed by atoms with Crippen molar-refractivity contribution in [2.45, 2.75) is 19.8 Å². The number of nitrogens with zero attached hydrogens (tertiary/aromatic N) is 1. The van der Waals surface area contributed by atoms with Gasteiger partial charge >= 0.3 is 5.97 Å². The van der Waals surface area contributed by atoms with Crippen LogP contribution in [0.1, 0.15) is 24.0 Å². The van der Waals surface area contributed by atoms with Crippen LogP contribution in [0.3, 0.4) is 0 Å². The zero-order valence-corrected chi connectivity index (χ0v) is 21.5. The van der Waals surface area contributed by atoms with E-state index in [1.54, 1.807) is 43.3 Å². The van der Waals surface area contributed by atoms with Crippen LogP contribution in [0.4, 0.5) is 5.69 Å². The second-order valence-electron chi connectivity index (χ2n) is 7.66. The largest absolute Gasteiger partial charge is 0.458 e. The van der Waals surface area contributed by atoms with Crippen LogP contribution in [0, 0.1) is 18.3 Å². The number of thioether (sulfide) groups is 1. The Labute approximate surface area is 218 Å². The molecule has 1 heterocycles. The number of nitrogens with one attached hydrogen (secondary N) is 2. The van der Waals surface area contributed by atoms with Crippen molar-refractivity contribution in [3.05, 3.63) is 98.2 Å². The van der Waals surface area contributed by atoms with Gasteiger partial charge in [0.05, 0.1) is 33.9 Å². The standard InChI is InChI=1S/C26H23Cl2N3O3S/c1-4-11-34-26(33)23-16(3)30-25(19(13-29)24(23)18-7-5-6-8-20(18)27)35-14-22(32)31-17-10-9-15(2)21(28)12-17/h4-10,12,24,30H,1,11,14H2,2-3H3,(H,31,32)/t24-/m0/s1. The van der Waals surface area contributed by atoms with Gasteiger partial charge in [0, 0.05) is 21.4 Å². The molecule has 0 aromatic heterocycles. The Morgan fingerprint density at radius 3 is 2.63 bits per heavy atom. The minimum absolute atomic E-state index is 0.0256. The van der Waals surface area contributed by atoms with E-state index in [-0.39, 0.29) is 29.4 Å². The number of ether oxygens (including phenoxy) is 1. The number of halogens is 2. The highest BCUT2D eigenvalue weighted by Gasteiger charge is 2.36. The normalized spacial score (nSPS) is 15.2. The highest BCUT2D eigenvalue weighted by Crippen LogP contribution is 2.43. The molecular weight excluding hydrogens is 505 g/mol. The Balaban J connectivity index is 1.90. The predicted molar refractivity (Wildman–Crippen MR) is 141 cm³/mol. The first-order valence-corrected chi connectivity index (χ1v) is 12.3. The summed E-state index contributed by atoms with van der Waals surface area (Å²) in [4.78, 5) is 25.5. The number of benzene rings is 2. The van der Waals surface area contributed by atoms with Gasteiger partial charge in [-0.1, -0.05) is 71.9 Å². The smallest absolute Gasteiger partial charge is 0.337 e. The molecule has 1 amide bonds. The number of esters is 1. The van der Waals surface area contributed by atoms with Crippen LogP contribution in [0.15, 0.2) is 77.0 Å². The molecule has 0 radical (unpaired) electrons. The Hall–Kier alpha value is -3.18. The number of hydrogen-bond acceptors (Lipinski definition) is 6. The summed E-state index contributed by atoms with van der Waals surface area (Å²) in [7, 11) is 0.